The fraction of sp³-hybridized carbons (Fsp3) is 0.571. The Morgan fingerprint density at radius 3 is 2.50 bits per heavy atom. The van der Waals surface area contributed by atoms with Gasteiger partial charge in [-0.1, -0.05) is 19.1 Å². The lowest BCUT2D eigenvalue weighted by Gasteiger charge is -1.80. The number of rotatable bonds is 3. The van der Waals surface area contributed by atoms with Crippen molar-refractivity contribution in [2.24, 2.45) is 0 Å². The van der Waals surface area contributed by atoms with Crippen LogP contribution in [0.3, 0.4) is 0 Å². The minimum absolute atomic E-state index is 0.231. The van der Waals surface area contributed by atoms with Gasteiger partial charge in [-0.2, -0.15) is 0 Å². The third-order valence-electron chi connectivity index (χ3n) is 0.808. The van der Waals surface area contributed by atoms with Gasteiger partial charge < -0.3 is 0 Å². The Kier molecular flexibility index (Phi) is 4.23. The van der Waals surface area contributed by atoms with Crippen molar-refractivity contribution in [3.8, 4) is 0 Å². The maximum absolute atomic E-state index is 10.3. The van der Waals surface area contributed by atoms with E-state index in [1.54, 1.807) is 6.92 Å². The summed E-state index contributed by atoms with van der Waals surface area (Å²) in [5, 5.41) is 0. The second kappa shape index (κ2) is 4.57. The molecule has 0 saturated heterocycles. The Balaban J connectivity index is 3.16. The Morgan fingerprint density at radius 2 is 2.12 bits per heavy atom. The number of Topliss-reactive ketones (excluding diaryl/α,β-unsaturated/α-hetero) is 1. The van der Waals surface area contributed by atoms with Crippen LogP contribution in [0.4, 0.5) is 0 Å². The summed E-state index contributed by atoms with van der Waals surface area (Å²) in [4.78, 5) is 10.3. The number of carbonyl (C=O) groups is 1. The van der Waals surface area contributed by atoms with Gasteiger partial charge in [0.2, 0.25) is 0 Å². The molecule has 1 heteroatoms. The first-order valence-corrected chi connectivity index (χ1v) is 2.91. The molecule has 0 N–H and O–H groups in total. The largest absolute Gasteiger partial charge is 0.300 e. The summed E-state index contributed by atoms with van der Waals surface area (Å²) in [6, 6.07) is 0. The zero-order valence-corrected chi connectivity index (χ0v) is 5.48. The van der Waals surface area contributed by atoms with Crippen LogP contribution in [0.1, 0.15) is 26.7 Å². The smallest absolute Gasteiger partial charge is 0.133 e. The van der Waals surface area contributed by atoms with Crippen molar-refractivity contribution < 1.29 is 4.79 Å². The average molecular weight is 112 g/mol. The first-order chi connectivity index (χ1) is 3.77. The second-order valence-corrected chi connectivity index (χ2v) is 1.79. The molecule has 0 aliphatic rings. The lowest BCUT2D eigenvalue weighted by Crippen LogP contribution is -1.83. The lowest BCUT2D eigenvalue weighted by molar-refractivity contribution is -0.116. The van der Waals surface area contributed by atoms with Crippen molar-refractivity contribution in [2.45, 2.75) is 26.7 Å². The summed E-state index contributed by atoms with van der Waals surface area (Å²) in [6.45, 7) is 3.65. The summed E-state index contributed by atoms with van der Waals surface area (Å²) in [5.74, 6) is 0.231. The first-order valence-electron chi connectivity index (χ1n) is 2.91. The highest BCUT2D eigenvalue weighted by atomic mass is 16.1. The molecule has 1 nitrogen and oxygen atoms in total. The molecule has 0 aliphatic carbocycles. The van der Waals surface area contributed by atoms with Gasteiger partial charge in [-0.25, -0.2) is 0 Å². The van der Waals surface area contributed by atoms with Crippen molar-refractivity contribution in [2.75, 3.05) is 0 Å². The van der Waals surface area contributed by atoms with E-state index in [9.17, 15) is 4.79 Å². The van der Waals surface area contributed by atoms with Crippen LogP contribution >= 0.6 is 0 Å². The molecule has 0 atom stereocenters. The van der Waals surface area contributed by atoms with Gasteiger partial charge in [-0.15, -0.1) is 0 Å². The van der Waals surface area contributed by atoms with Crippen LogP contribution < -0.4 is 0 Å². The van der Waals surface area contributed by atoms with E-state index in [-0.39, 0.29) is 5.78 Å². The molecule has 0 heterocycles. The standard InChI is InChI=1S/C7H12O/c1-3-4-5-6-7(2)8/h4-5H,3,6H2,1-2H3/b5-4-. The molecule has 46 valence electrons. The minimum atomic E-state index is 0.231. The minimum Gasteiger partial charge on any atom is -0.300 e. The van der Waals surface area contributed by atoms with E-state index >= 15 is 0 Å². The van der Waals surface area contributed by atoms with Gasteiger partial charge in [0.25, 0.3) is 0 Å². The Bertz CT molecular complexity index is 92.6. The highest BCUT2D eigenvalue weighted by molar-refractivity contribution is 5.76. The van der Waals surface area contributed by atoms with Crippen LogP contribution in [-0.2, 0) is 4.79 Å². The van der Waals surface area contributed by atoms with Crippen LogP contribution in [0.25, 0.3) is 0 Å². The summed E-state index contributed by atoms with van der Waals surface area (Å²) < 4.78 is 0. The van der Waals surface area contributed by atoms with E-state index in [0.717, 1.165) is 6.42 Å². The molecule has 0 amide bonds. The first kappa shape index (κ1) is 7.41. The molecule has 0 aromatic rings. The number of carbonyl (C=O) groups excluding carboxylic acids is 1. The lowest BCUT2D eigenvalue weighted by atomic mass is 10.3. The van der Waals surface area contributed by atoms with Crippen molar-refractivity contribution >= 4 is 5.78 Å². The molecule has 0 fully saturated rings. The molecule has 0 aromatic heterocycles. The highest BCUT2D eigenvalue weighted by Gasteiger charge is 1.82. The van der Waals surface area contributed by atoms with E-state index in [2.05, 4.69) is 6.92 Å². The van der Waals surface area contributed by atoms with Gasteiger partial charge in [-0.3, -0.25) is 4.79 Å². The second-order valence-electron chi connectivity index (χ2n) is 1.79. The summed E-state index contributed by atoms with van der Waals surface area (Å²) in [5.41, 5.74) is 0. The monoisotopic (exact) mass is 112 g/mol. The van der Waals surface area contributed by atoms with E-state index in [0.29, 0.717) is 6.42 Å². The zero-order valence-electron chi connectivity index (χ0n) is 5.48. The predicted molar refractivity (Wildman–Crippen MR) is 34.7 cm³/mol. The molecular weight excluding hydrogens is 100 g/mol. The van der Waals surface area contributed by atoms with Gasteiger partial charge in [0.05, 0.1) is 0 Å². The maximum Gasteiger partial charge on any atom is 0.133 e. The van der Waals surface area contributed by atoms with Gasteiger partial charge in [-0.05, 0) is 13.3 Å². The molecule has 0 aliphatic heterocycles. The Labute approximate surface area is 50.4 Å². The summed E-state index contributed by atoms with van der Waals surface area (Å²) in [7, 11) is 0. The summed E-state index contributed by atoms with van der Waals surface area (Å²) >= 11 is 0. The van der Waals surface area contributed by atoms with Crippen molar-refractivity contribution in [1.29, 1.82) is 0 Å². The molecule has 0 unspecified atom stereocenters. The van der Waals surface area contributed by atoms with E-state index < -0.39 is 0 Å². The highest BCUT2D eigenvalue weighted by Crippen LogP contribution is 1.85. The van der Waals surface area contributed by atoms with Gasteiger partial charge in [0.15, 0.2) is 0 Å². The van der Waals surface area contributed by atoms with Crippen LogP contribution in [-0.4, -0.2) is 5.78 Å². The zero-order chi connectivity index (χ0) is 6.41. The third kappa shape index (κ3) is 5.41. The maximum atomic E-state index is 10.3. The van der Waals surface area contributed by atoms with Crippen LogP contribution in [0.2, 0.25) is 0 Å². The molecule has 0 aromatic carbocycles. The fourth-order valence-corrected chi connectivity index (χ4v) is 0.416. The molecule has 0 bridgehead atoms. The SMILES string of the molecule is CC/C=C\CC(C)=O. The van der Waals surface area contributed by atoms with Crippen molar-refractivity contribution in [3.05, 3.63) is 12.2 Å². The van der Waals surface area contributed by atoms with Gasteiger partial charge >= 0.3 is 0 Å². The van der Waals surface area contributed by atoms with Crippen LogP contribution in [0.15, 0.2) is 12.2 Å². The molecule has 0 saturated carbocycles. The quantitative estimate of drug-likeness (QED) is 0.510. The number of ketones is 1. The fourth-order valence-electron chi connectivity index (χ4n) is 0.416. The normalized spacial score (nSPS) is 10.2. The van der Waals surface area contributed by atoms with E-state index in [1.807, 2.05) is 12.2 Å². The Hall–Kier alpha value is -0.590. The van der Waals surface area contributed by atoms with E-state index in [1.165, 1.54) is 0 Å². The molecule has 8 heavy (non-hydrogen) atoms. The predicted octanol–water partition coefficient (Wildman–Crippen LogP) is 1.93. The van der Waals surface area contributed by atoms with Gasteiger partial charge in [0.1, 0.15) is 5.78 Å². The average Bonchev–Trinajstić information content (AvgIpc) is 1.66. The summed E-state index contributed by atoms with van der Waals surface area (Å²) in [6.07, 6.45) is 5.52. The third-order valence-corrected chi connectivity index (χ3v) is 0.808. The topological polar surface area (TPSA) is 17.1 Å². The van der Waals surface area contributed by atoms with Crippen LogP contribution in [0, 0.1) is 0 Å². The Morgan fingerprint density at radius 1 is 1.50 bits per heavy atom. The van der Waals surface area contributed by atoms with Crippen LogP contribution in [0.5, 0.6) is 0 Å². The number of allylic oxidation sites excluding steroid dienone is 2. The number of hydrogen-bond acceptors (Lipinski definition) is 1. The van der Waals surface area contributed by atoms with Crippen molar-refractivity contribution in [3.63, 3.8) is 0 Å². The molecule has 0 radical (unpaired) electrons. The molecular formula is C7H12O. The molecule has 0 rings (SSSR count). The van der Waals surface area contributed by atoms with Gasteiger partial charge in [0, 0.05) is 6.42 Å². The van der Waals surface area contributed by atoms with Crippen molar-refractivity contribution in [1.82, 2.24) is 0 Å². The van der Waals surface area contributed by atoms with E-state index in [4.69, 9.17) is 0 Å². The molecule has 0 spiro atoms. The number of hydrogen-bond donors (Lipinski definition) is 0.